The molecule has 164 valence electrons. The fraction of sp³-hybridized carbons (Fsp3) is 0.407. The van der Waals surface area contributed by atoms with Crippen LogP contribution in [-0.2, 0) is 0 Å². The van der Waals surface area contributed by atoms with Crippen molar-refractivity contribution >= 4 is 0 Å². The molecule has 0 N–H and O–H groups in total. The molecule has 4 rings (SSSR count). The van der Waals surface area contributed by atoms with Crippen molar-refractivity contribution in [3.8, 4) is 16.9 Å². The van der Waals surface area contributed by atoms with E-state index in [2.05, 4.69) is 13.0 Å². The lowest BCUT2D eigenvalue weighted by Gasteiger charge is -2.30. The minimum atomic E-state index is -1.00. The van der Waals surface area contributed by atoms with E-state index in [0.717, 1.165) is 29.9 Å². The van der Waals surface area contributed by atoms with Gasteiger partial charge in [0.15, 0.2) is 11.6 Å². The van der Waals surface area contributed by atoms with Gasteiger partial charge in [0, 0.05) is 11.5 Å². The van der Waals surface area contributed by atoms with Gasteiger partial charge < -0.3 is 4.74 Å². The predicted octanol–water partition coefficient (Wildman–Crippen LogP) is 8.12. The van der Waals surface area contributed by atoms with Crippen LogP contribution in [-0.4, -0.2) is 7.11 Å². The molecule has 0 aromatic heterocycles. The third kappa shape index (κ3) is 4.44. The highest BCUT2D eigenvalue weighted by molar-refractivity contribution is 5.66. The van der Waals surface area contributed by atoms with Crippen LogP contribution in [0.25, 0.3) is 11.1 Å². The molecule has 1 fully saturated rings. The number of hydrogen-bond acceptors (Lipinski definition) is 1. The SMILES string of the molecule is CCC1CCC(C2=CCC(c3ccc(-c4ccc(OC)c(F)c4F)cc3)C(F)=C2)CC1. The minimum absolute atomic E-state index is 0.107. The highest BCUT2D eigenvalue weighted by Crippen LogP contribution is 2.41. The first-order valence-electron chi connectivity index (χ1n) is 11.2. The van der Waals surface area contributed by atoms with E-state index in [9.17, 15) is 8.78 Å². The summed E-state index contributed by atoms with van der Waals surface area (Å²) in [6.07, 6.45) is 10.6. The molecular weight excluding hydrogens is 397 g/mol. The Labute approximate surface area is 182 Å². The Bertz CT molecular complexity index is 982. The summed E-state index contributed by atoms with van der Waals surface area (Å²) < 4.78 is 48.2. The van der Waals surface area contributed by atoms with E-state index >= 15 is 4.39 Å². The van der Waals surface area contributed by atoms with Crippen LogP contribution in [0.15, 0.2) is 60.0 Å². The molecule has 0 amide bonds. The van der Waals surface area contributed by atoms with Gasteiger partial charge in [0.1, 0.15) is 5.83 Å². The Hall–Kier alpha value is -2.49. The third-order valence-corrected chi connectivity index (χ3v) is 7.01. The molecule has 1 atom stereocenters. The molecule has 31 heavy (non-hydrogen) atoms. The lowest BCUT2D eigenvalue weighted by atomic mass is 9.75. The molecule has 4 heteroatoms. The van der Waals surface area contributed by atoms with Gasteiger partial charge in [-0.1, -0.05) is 43.7 Å². The van der Waals surface area contributed by atoms with Gasteiger partial charge in [-0.15, -0.1) is 0 Å². The van der Waals surface area contributed by atoms with Crippen molar-refractivity contribution in [2.24, 2.45) is 11.8 Å². The zero-order valence-electron chi connectivity index (χ0n) is 18.1. The first-order chi connectivity index (χ1) is 15.0. The van der Waals surface area contributed by atoms with Gasteiger partial charge in [-0.25, -0.2) is 8.78 Å². The molecule has 1 unspecified atom stereocenters. The second kappa shape index (κ2) is 9.33. The Kier molecular flexibility index (Phi) is 6.54. The van der Waals surface area contributed by atoms with E-state index in [1.54, 1.807) is 30.3 Å². The maximum atomic E-state index is 15.0. The highest BCUT2D eigenvalue weighted by Gasteiger charge is 2.27. The summed E-state index contributed by atoms with van der Waals surface area (Å²) >= 11 is 0. The normalized spacial score (nSPS) is 23.8. The standard InChI is InChI=1S/C27H29F3O/c1-3-17-4-6-18(7-5-17)21-12-13-22(24(28)16-21)19-8-10-20(11-9-19)23-14-15-25(31-2)27(30)26(23)29/h8-12,14-18,22H,3-7,13H2,1-2H3. The summed E-state index contributed by atoms with van der Waals surface area (Å²) in [4.78, 5) is 0. The molecule has 0 spiro atoms. The Balaban J connectivity index is 1.48. The number of allylic oxidation sites excluding steroid dienone is 4. The lowest BCUT2D eigenvalue weighted by molar-refractivity contribution is 0.296. The van der Waals surface area contributed by atoms with Gasteiger partial charge in [0.25, 0.3) is 0 Å². The third-order valence-electron chi connectivity index (χ3n) is 7.01. The van der Waals surface area contributed by atoms with Gasteiger partial charge in [-0.05, 0) is 78.8 Å². The number of ether oxygens (including phenoxy) is 1. The number of benzene rings is 2. The molecule has 0 saturated heterocycles. The first-order valence-corrected chi connectivity index (χ1v) is 11.2. The maximum absolute atomic E-state index is 15.0. The molecule has 0 aliphatic heterocycles. The quantitative estimate of drug-likeness (QED) is 0.469. The minimum Gasteiger partial charge on any atom is -0.494 e. The molecule has 2 aromatic rings. The molecular formula is C27H29F3O. The van der Waals surface area contributed by atoms with Crippen molar-refractivity contribution in [3.05, 3.63) is 77.1 Å². The second-order valence-corrected chi connectivity index (χ2v) is 8.71. The van der Waals surface area contributed by atoms with E-state index in [-0.39, 0.29) is 23.1 Å². The molecule has 2 aromatic carbocycles. The summed E-state index contributed by atoms with van der Waals surface area (Å²) in [6.45, 7) is 2.25. The molecule has 1 nitrogen and oxygen atoms in total. The molecule has 0 bridgehead atoms. The fourth-order valence-electron chi connectivity index (χ4n) is 4.98. The molecule has 2 aliphatic rings. The Morgan fingerprint density at radius 2 is 1.61 bits per heavy atom. The van der Waals surface area contributed by atoms with Crippen LogP contribution in [0.3, 0.4) is 0 Å². The van der Waals surface area contributed by atoms with E-state index in [0.29, 0.717) is 17.9 Å². The van der Waals surface area contributed by atoms with Crippen molar-refractivity contribution in [1.29, 1.82) is 0 Å². The van der Waals surface area contributed by atoms with E-state index < -0.39 is 11.6 Å². The van der Waals surface area contributed by atoms with Crippen molar-refractivity contribution in [3.63, 3.8) is 0 Å². The molecule has 0 radical (unpaired) electrons. The summed E-state index contributed by atoms with van der Waals surface area (Å²) in [5, 5.41) is 0. The molecule has 2 aliphatic carbocycles. The fourth-order valence-corrected chi connectivity index (χ4v) is 4.98. The van der Waals surface area contributed by atoms with Gasteiger partial charge >= 0.3 is 0 Å². The van der Waals surface area contributed by atoms with Gasteiger partial charge in [0.05, 0.1) is 7.11 Å². The number of methoxy groups -OCH3 is 1. The summed E-state index contributed by atoms with van der Waals surface area (Å²) in [6, 6.07) is 9.96. The van der Waals surface area contributed by atoms with Gasteiger partial charge in [-0.3, -0.25) is 0 Å². The largest absolute Gasteiger partial charge is 0.494 e. The van der Waals surface area contributed by atoms with Crippen LogP contribution in [0.1, 0.15) is 56.9 Å². The van der Waals surface area contributed by atoms with Crippen LogP contribution < -0.4 is 4.74 Å². The Morgan fingerprint density at radius 1 is 0.903 bits per heavy atom. The van der Waals surface area contributed by atoms with E-state index in [4.69, 9.17) is 4.74 Å². The van der Waals surface area contributed by atoms with Crippen LogP contribution in [0.5, 0.6) is 5.75 Å². The smallest absolute Gasteiger partial charge is 0.201 e. The molecule has 0 heterocycles. The summed E-state index contributed by atoms with van der Waals surface area (Å²) in [5.41, 5.74) is 2.70. The monoisotopic (exact) mass is 426 g/mol. The van der Waals surface area contributed by atoms with Crippen LogP contribution in [0, 0.1) is 23.5 Å². The van der Waals surface area contributed by atoms with Crippen LogP contribution >= 0.6 is 0 Å². The van der Waals surface area contributed by atoms with Crippen molar-refractivity contribution < 1.29 is 17.9 Å². The number of hydrogen-bond donors (Lipinski definition) is 0. The van der Waals surface area contributed by atoms with Gasteiger partial charge in [-0.2, -0.15) is 4.39 Å². The van der Waals surface area contributed by atoms with Crippen LogP contribution in [0.2, 0.25) is 0 Å². The summed E-state index contributed by atoms with van der Waals surface area (Å²) in [7, 11) is 1.30. The lowest BCUT2D eigenvalue weighted by Crippen LogP contribution is -2.17. The zero-order valence-corrected chi connectivity index (χ0v) is 18.1. The highest BCUT2D eigenvalue weighted by atomic mass is 19.2. The summed E-state index contributed by atoms with van der Waals surface area (Å²) in [5.74, 6) is -1.20. The average molecular weight is 427 g/mol. The van der Waals surface area contributed by atoms with Gasteiger partial charge in [0.2, 0.25) is 5.82 Å². The average Bonchev–Trinajstić information content (AvgIpc) is 2.81. The topological polar surface area (TPSA) is 9.23 Å². The predicted molar refractivity (Wildman–Crippen MR) is 119 cm³/mol. The first kappa shape index (κ1) is 21.7. The van der Waals surface area contributed by atoms with E-state index in [1.165, 1.54) is 38.5 Å². The molecule has 1 saturated carbocycles. The van der Waals surface area contributed by atoms with Crippen LogP contribution in [0.4, 0.5) is 13.2 Å². The zero-order chi connectivity index (χ0) is 22.0. The number of rotatable bonds is 5. The van der Waals surface area contributed by atoms with Crippen molar-refractivity contribution in [2.45, 2.75) is 51.4 Å². The van der Waals surface area contributed by atoms with Crippen molar-refractivity contribution in [1.82, 2.24) is 0 Å². The van der Waals surface area contributed by atoms with E-state index in [1.807, 2.05) is 0 Å². The number of halogens is 3. The van der Waals surface area contributed by atoms with Crippen molar-refractivity contribution in [2.75, 3.05) is 7.11 Å². The Morgan fingerprint density at radius 3 is 2.23 bits per heavy atom. The maximum Gasteiger partial charge on any atom is 0.201 e. The second-order valence-electron chi connectivity index (χ2n) is 8.71.